The van der Waals surface area contributed by atoms with Crippen LogP contribution in [0, 0.1) is 6.92 Å². The van der Waals surface area contributed by atoms with Gasteiger partial charge >= 0.3 is 12.1 Å². The van der Waals surface area contributed by atoms with Gasteiger partial charge in [-0.25, -0.2) is 9.59 Å². The molecule has 1 aliphatic heterocycles. The minimum atomic E-state index is -0.522. The van der Waals surface area contributed by atoms with Crippen LogP contribution < -0.4 is 0 Å². The Labute approximate surface area is 159 Å². The predicted molar refractivity (Wildman–Crippen MR) is 105 cm³/mol. The summed E-state index contributed by atoms with van der Waals surface area (Å²) in [6, 6.07) is 5.71. The monoisotopic (exact) mass is 370 g/mol. The molecule has 0 saturated heterocycles. The number of aromatic amines is 1. The zero-order valence-corrected chi connectivity index (χ0v) is 16.5. The molecule has 3 rings (SSSR count). The molecule has 0 radical (unpaired) electrons. The molecule has 2 heterocycles. The Morgan fingerprint density at radius 2 is 1.96 bits per heavy atom. The smallest absolute Gasteiger partial charge is 0.410 e. The van der Waals surface area contributed by atoms with Crippen LogP contribution in [0.5, 0.6) is 0 Å². The third-order valence-corrected chi connectivity index (χ3v) is 4.48. The summed E-state index contributed by atoms with van der Waals surface area (Å²) in [5.74, 6) is -0.374. The van der Waals surface area contributed by atoms with E-state index in [4.69, 9.17) is 9.47 Å². The van der Waals surface area contributed by atoms with Crippen LogP contribution in [0.1, 0.15) is 48.8 Å². The van der Waals surface area contributed by atoms with E-state index in [1.54, 1.807) is 11.0 Å². The SMILES string of the molecule is COC(=O)c1ccc(C2=CCCN(C(=O)OC(C)(C)C)C2)c2cc(C)[nH]c12. The fraction of sp³-hybridized carbons (Fsp3) is 0.429. The van der Waals surface area contributed by atoms with Crippen molar-refractivity contribution in [2.24, 2.45) is 0 Å². The molecular formula is C21H26N2O4. The third-order valence-electron chi connectivity index (χ3n) is 4.48. The van der Waals surface area contributed by atoms with E-state index < -0.39 is 5.60 Å². The number of ether oxygens (including phenoxy) is 2. The second kappa shape index (κ2) is 7.10. The molecule has 144 valence electrons. The van der Waals surface area contributed by atoms with Crippen LogP contribution in [0.2, 0.25) is 0 Å². The van der Waals surface area contributed by atoms with Gasteiger partial charge in [-0.1, -0.05) is 12.1 Å². The van der Waals surface area contributed by atoms with Crippen molar-refractivity contribution in [3.05, 3.63) is 41.1 Å². The van der Waals surface area contributed by atoms with E-state index in [1.165, 1.54) is 7.11 Å². The number of amides is 1. The first-order valence-corrected chi connectivity index (χ1v) is 9.07. The van der Waals surface area contributed by atoms with E-state index in [0.29, 0.717) is 18.7 Å². The van der Waals surface area contributed by atoms with Gasteiger partial charge in [-0.3, -0.25) is 0 Å². The summed E-state index contributed by atoms with van der Waals surface area (Å²) in [7, 11) is 1.38. The Balaban J connectivity index is 1.95. The molecule has 1 N–H and O–H groups in total. The second-order valence-electron chi connectivity index (χ2n) is 7.81. The number of esters is 1. The predicted octanol–water partition coefficient (Wildman–Crippen LogP) is 4.29. The highest BCUT2D eigenvalue weighted by molar-refractivity contribution is 6.06. The molecule has 0 unspecified atom stereocenters. The number of aromatic nitrogens is 1. The standard InChI is InChI=1S/C21H26N2O4/c1-13-11-17-15(8-9-16(18(17)22-13)19(24)26-5)14-7-6-10-23(12-14)20(25)27-21(2,3)4/h7-9,11,22H,6,10,12H2,1-5H3. The number of aryl methyl sites for hydroxylation is 1. The van der Waals surface area contributed by atoms with Crippen LogP contribution in [0.15, 0.2) is 24.3 Å². The summed E-state index contributed by atoms with van der Waals surface area (Å²) in [6.07, 6.45) is 2.61. The van der Waals surface area contributed by atoms with E-state index in [9.17, 15) is 9.59 Å². The molecule has 2 aromatic rings. The van der Waals surface area contributed by atoms with Crippen molar-refractivity contribution in [3.63, 3.8) is 0 Å². The molecule has 0 fully saturated rings. The summed E-state index contributed by atoms with van der Waals surface area (Å²) in [5.41, 5.74) is 3.76. The lowest BCUT2D eigenvalue weighted by Crippen LogP contribution is -2.39. The van der Waals surface area contributed by atoms with Crippen molar-refractivity contribution in [2.75, 3.05) is 20.2 Å². The van der Waals surface area contributed by atoms with Crippen LogP contribution in [0.4, 0.5) is 4.79 Å². The summed E-state index contributed by atoms with van der Waals surface area (Å²) in [5, 5.41) is 0.952. The Bertz CT molecular complexity index is 918. The van der Waals surface area contributed by atoms with Crippen molar-refractivity contribution in [3.8, 4) is 0 Å². The maximum absolute atomic E-state index is 12.4. The maximum atomic E-state index is 12.4. The summed E-state index contributed by atoms with van der Waals surface area (Å²) < 4.78 is 10.4. The number of hydrogen-bond donors (Lipinski definition) is 1. The van der Waals surface area contributed by atoms with Gasteiger partial charge in [0, 0.05) is 24.2 Å². The quantitative estimate of drug-likeness (QED) is 0.801. The Morgan fingerprint density at radius 1 is 1.22 bits per heavy atom. The Hall–Kier alpha value is -2.76. The highest BCUT2D eigenvalue weighted by Gasteiger charge is 2.26. The van der Waals surface area contributed by atoms with Gasteiger partial charge in [-0.15, -0.1) is 0 Å². The highest BCUT2D eigenvalue weighted by Crippen LogP contribution is 2.31. The van der Waals surface area contributed by atoms with Gasteiger partial charge in [-0.2, -0.15) is 0 Å². The topological polar surface area (TPSA) is 71.6 Å². The molecule has 0 bridgehead atoms. The minimum absolute atomic E-state index is 0.305. The lowest BCUT2D eigenvalue weighted by Gasteiger charge is -2.30. The number of rotatable bonds is 2. The number of nitrogens with zero attached hydrogens (tertiary/aromatic N) is 1. The lowest BCUT2D eigenvalue weighted by molar-refractivity contribution is 0.0273. The minimum Gasteiger partial charge on any atom is -0.465 e. The molecule has 0 spiro atoms. The normalized spacial score (nSPS) is 14.9. The molecule has 0 atom stereocenters. The number of carbonyl (C=O) groups excluding carboxylic acids is 2. The molecule has 0 aliphatic carbocycles. The van der Waals surface area contributed by atoms with Crippen molar-refractivity contribution in [1.29, 1.82) is 0 Å². The van der Waals surface area contributed by atoms with Gasteiger partial charge in [0.1, 0.15) is 5.60 Å². The van der Waals surface area contributed by atoms with E-state index in [0.717, 1.165) is 34.2 Å². The van der Waals surface area contributed by atoms with Crippen molar-refractivity contribution < 1.29 is 19.1 Å². The van der Waals surface area contributed by atoms with Gasteiger partial charge in [0.2, 0.25) is 0 Å². The number of methoxy groups -OCH3 is 1. The fourth-order valence-corrected chi connectivity index (χ4v) is 3.34. The molecule has 1 aliphatic rings. The first kappa shape index (κ1) is 19.0. The first-order valence-electron chi connectivity index (χ1n) is 9.07. The van der Waals surface area contributed by atoms with E-state index in [-0.39, 0.29) is 12.1 Å². The molecule has 6 heteroatoms. The third kappa shape index (κ3) is 3.99. The summed E-state index contributed by atoms with van der Waals surface area (Å²) in [4.78, 5) is 29.5. The van der Waals surface area contributed by atoms with Crippen LogP contribution in [-0.2, 0) is 9.47 Å². The van der Waals surface area contributed by atoms with Gasteiger partial charge in [-0.05, 0) is 57.4 Å². The molecular weight excluding hydrogens is 344 g/mol. The number of benzene rings is 1. The molecule has 1 aromatic heterocycles. The average Bonchev–Trinajstić information content (AvgIpc) is 3.00. The van der Waals surface area contributed by atoms with Crippen LogP contribution in [0.3, 0.4) is 0 Å². The van der Waals surface area contributed by atoms with Crippen molar-refractivity contribution in [2.45, 2.75) is 39.7 Å². The Kier molecular flexibility index (Phi) is 5.00. The van der Waals surface area contributed by atoms with Crippen LogP contribution in [0.25, 0.3) is 16.5 Å². The average molecular weight is 370 g/mol. The molecule has 27 heavy (non-hydrogen) atoms. The summed E-state index contributed by atoms with van der Waals surface area (Å²) in [6.45, 7) is 8.66. The highest BCUT2D eigenvalue weighted by atomic mass is 16.6. The van der Waals surface area contributed by atoms with Gasteiger partial charge in [0.05, 0.1) is 18.2 Å². The second-order valence-corrected chi connectivity index (χ2v) is 7.81. The van der Waals surface area contributed by atoms with Crippen LogP contribution in [-0.4, -0.2) is 47.7 Å². The summed E-state index contributed by atoms with van der Waals surface area (Å²) >= 11 is 0. The fourth-order valence-electron chi connectivity index (χ4n) is 3.34. The maximum Gasteiger partial charge on any atom is 0.410 e. The number of H-pyrrole nitrogens is 1. The number of carbonyl (C=O) groups is 2. The van der Waals surface area contributed by atoms with Gasteiger partial charge in [0.15, 0.2) is 0 Å². The first-order chi connectivity index (χ1) is 12.7. The molecule has 0 saturated carbocycles. The molecule has 6 nitrogen and oxygen atoms in total. The van der Waals surface area contributed by atoms with E-state index in [1.807, 2.05) is 39.8 Å². The van der Waals surface area contributed by atoms with Crippen molar-refractivity contribution in [1.82, 2.24) is 9.88 Å². The van der Waals surface area contributed by atoms with E-state index in [2.05, 4.69) is 11.1 Å². The zero-order chi connectivity index (χ0) is 19.8. The van der Waals surface area contributed by atoms with E-state index >= 15 is 0 Å². The van der Waals surface area contributed by atoms with Gasteiger partial charge in [0.25, 0.3) is 0 Å². The number of fused-ring (bicyclic) bond motifs is 1. The number of hydrogen-bond acceptors (Lipinski definition) is 4. The molecule has 1 amide bonds. The van der Waals surface area contributed by atoms with Crippen molar-refractivity contribution >= 4 is 28.5 Å². The lowest BCUT2D eigenvalue weighted by atomic mass is 9.96. The molecule has 1 aromatic carbocycles. The largest absolute Gasteiger partial charge is 0.465 e. The Morgan fingerprint density at radius 3 is 2.63 bits per heavy atom. The van der Waals surface area contributed by atoms with Crippen LogP contribution >= 0.6 is 0 Å². The number of nitrogens with one attached hydrogen (secondary N) is 1. The van der Waals surface area contributed by atoms with Gasteiger partial charge < -0.3 is 19.4 Å². The zero-order valence-electron chi connectivity index (χ0n) is 16.5.